The summed E-state index contributed by atoms with van der Waals surface area (Å²) in [4.78, 5) is 14.2. The van der Waals surface area contributed by atoms with Crippen LogP contribution in [-0.4, -0.2) is 40.7 Å². The number of carbonyl (C=O) groups excluding carboxylic acids is 1. The summed E-state index contributed by atoms with van der Waals surface area (Å²) in [6.07, 6.45) is 3.97. The van der Waals surface area contributed by atoms with E-state index in [2.05, 4.69) is 53.2 Å². The van der Waals surface area contributed by atoms with Crippen LogP contribution in [0.25, 0.3) is 0 Å². The Kier molecular flexibility index (Phi) is 5.77. The molecule has 5 nitrogen and oxygen atoms in total. The summed E-state index contributed by atoms with van der Waals surface area (Å²) in [6.45, 7) is 6.01. The largest absolute Gasteiger partial charge is 0.343 e. The number of carbonyl (C=O) groups is 1. The number of benzene rings is 1. The molecule has 0 saturated heterocycles. The van der Waals surface area contributed by atoms with Gasteiger partial charge in [0.2, 0.25) is 0 Å². The van der Waals surface area contributed by atoms with Gasteiger partial charge in [0.25, 0.3) is 5.91 Å². The predicted octanol–water partition coefficient (Wildman–Crippen LogP) is 2.95. The van der Waals surface area contributed by atoms with Crippen LogP contribution in [0.5, 0.6) is 0 Å². The molecule has 2 aromatic rings. The van der Waals surface area contributed by atoms with Gasteiger partial charge in [-0.1, -0.05) is 36.8 Å². The first-order chi connectivity index (χ1) is 12.5. The van der Waals surface area contributed by atoms with E-state index in [4.69, 9.17) is 0 Å². The summed E-state index contributed by atoms with van der Waals surface area (Å²) in [5, 5.41) is 8.35. The molecule has 1 aliphatic rings. The average molecular weight is 354 g/mol. The molecule has 0 fully saturated rings. The van der Waals surface area contributed by atoms with E-state index in [9.17, 15) is 4.79 Å². The Balaban J connectivity index is 1.76. The molecule has 0 radical (unpaired) electrons. The number of hydrogen-bond donors (Lipinski definition) is 1. The first-order valence-corrected chi connectivity index (χ1v) is 9.58. The van der Waals surface area contributed by atoms with Crippen LogP contribution in [0.1, 0.15) is 52.6 Å². The molecule has 1 atom stereocenters. The number of nitrogens with zero attached hydrogens (tertiary/aromatic N) is 3. The average Bonchev–Trinajstić information content (AvgIpc) is 2.97. The zero-order valence-corrected chi connectivity index (χ0v) is 16.4. The van der Waals surface area contributed by atoms with Crippen LogP contribution in [0.2, 0.25) is 0 Å². The van der Waals surface area contributed by atoms with E-state index in [0.29, 0.717) is 11.7 Å². The zero-order chi connectivity index (χ0) is 18.7. The highest BCUT2D eigenvalue weighted by Crippen LogP contribution is 2.26. The third-order valence-electron chi connectivity index (χ3n) is 5.07. The molecule has 0 aliphatic heterocycles. The van der Waals surface area contributed by atoms with E-state index in [-0.39, 0.29) is 5.91 Å². The van der Waals surface area contributed by atoms with Gasteiger partial charge in [0.15, 0.2) is 5.69 Å². The van der Waals surface area contributed by atoms with Crippen LogP contribution < -0.4 is 5.32 Å². The van der Waals surface area contributed by atoms with E-state index in [1.165, 1.54) is 16.8 Å². The van der Waals surface area contributed by atoms with Crippen LogP contribution in [-0.2, 0) is 25.9 Å². The minimum absolute atomic E-state index is 0.00966. The maximum atomic E-state index is 12.6. The van der Waals surface area contributed by atoms with Gasteiger partial charge in [-0.15, -0.1) is 0 Å². The van der Waals surface area contributed by atoms with Crippen molar-refractivity contribution in [2.45, 2.75) is 58.7 Å². The predicted molar refractivity (Wildman–Crippen MR) is 104 cm³/mol. The second-order valence-corrected chi connectivity index (χ2v) is 7.51. The summed E-state index contributed by atoms with van der Waals surface area (Å²) >= 11 is 0. The van der Waals surface area contributed by atoms with E-state index in [1.54, 1.807) is 19.0 Å². The SMILES string of the molecule is CCCn1nc(C(=O)N(C)C)c2c1CCC(NCc1cccc(C)c1)C2. The van der Waals surface area contributed by atoms with Crippen molar-refractivity contribution in [3.63, 3.8) is 0 Å². The van der Waals surface area contributed by atoms with Crippen molar-refractivity contribution in [3.8, 4) is 0 Å². The second-order valence-electron chi connectivity index (χ2n) is 7.51. The standard InChI is InChI=1S/C21H30N4O/c1-5-11-25-19-10-9-17(22-14-16-8-6-7-15(2)12-16)13-18(19)20(23-25)21(26)24(3)4/h6-8,12,17,22H,5,9-11,13-14H2,1-4H3. The van der Waals surface area contributed by atoms with Gasteiger partial charge in [-0.25, -0.2) is 0 Å². The van der Waals surface area contributed by atoms with Crippen molar-refractivity contribution in [2.24, 2.45) is 0 Å². The highest BCUT2D eigenvalue weighted by molar-refractivity contribution is 5.93. The molecular weight excluding hydrogens is 324 g/mol. The highest BCUT2D eigenvalue weighted by atomic mass is 16.2. The van der Waals surface area contributed by atoms with Gasteiger partial charge in [0.1, 0.15) is 0 Å². The molecule has 0 spiro atoms. The summed E-state index contributed by atoms with van der Waals surface area (Å²) < 4.78 is 2.06. The number of amides is 1. The third kappa shape index (κ3) is 3.98. The molecular formula is C21H30N4O. The molecule has 26 heavy (non-hydrogen) atoms. The maximum absolute atomic E-state index is 12.6. The lowest BCUT2D eigenvalue weighted by atomic mass is 9.91. The fourth-order valence-corrected chi connectivity index (χ4v) is 3.73. The molecule has 1 amide bonds. The minimum Gasteiger partial charge on any atom is -0.343 e. The molecule has 1 aliphatic carbocycles. The quantitative estimate of drug-likeness (QED) is 0.868. The lowest BCUT2D eigenvalue weighted by Crippen LogP contribution is -2.35. The number of rotatable bonds is 6. The Morgan fingerprint density at radius 3 is 2.88 bits per heavy atom. The fourth-order valence-electron chi connectivity index (χ4n) is 3.73. The first kappa shape index (κ1) is 18.6. The number of hydrogen-bond acceptors (Lipinski definition) is 3. The molecule has 0 bridgehead atoms. The van der Waals surface area contributed by atoms with Crippen LogP contribution >= 0.6 is 0 Å². The Hall–Kier alpha value is -2.14. The molecule has 1 heterocycles. The Bertz CT molecular complexity index is 778. The van der Waals surface area contributed by atoms with Crippen LogP contribution in [0, 0.1) is 6.92 Å². The number of nitrogens with one attached hydrogen (secondary N) is 1. The van der Waals surface area contributed by atoms with Gasteiger partial charge >= 0.3 is 0 Å². The van der Waals surface area contributed by atoms with Crippen molar-refractivity contribution in [1.82, 2.24) is 20.0 Å². The van der Waals surface area contributed by atoms with Crippen molar-refractivity contribution >= 4 is 5.91 Å². The van der Waals surface area contributed by atoms with Crippen LogP contribution in [0.15, 0.2) is 24.3 Å². The van der Waals surface area contributed by atoms with Gasteiger partial charge in [0, 0.05) is 44.5 Å². The number of aryl methyl sites for hydroxylation is 2. The monoisotopic (exact) mass is 354 g/mol. The van der Waals surface area contributed by atoms with E-state index in [0.717, 1.165) is 44.3 Å². The Morgan fingerprint density at radius 2 is 2.19 bits per heavy atom. The van der Waals surface area contributed by atoms with Gasteiger partial charge < -0.3 is 10.2 Å². The second kappa shape index (κ2) is 8.04. The van der Waals surface area contributed by atoms with E-state index < -0.39 is 0 Å². The molecule has 1 unspecified atom stereocenters. The molecule has 5 heteroatoms. The van der Waals surface area contributed by atoms with Crippen LogP contribution in [0.4, 0.5) is 0 Å². The lowest BCUT2D eigenvalue weighted by Gasteiger charge is -2.25. The first-order valence-electron chi connectivity index (χ1n) is 9.58. The van der Waals surface area contributed by atoms with Crippen molar-refractivity contribution < 1.29 is 4.79 Å². The summed E-state index contributed by atoms with van der Waals surface area (Å²) in [5.74, 6) is 0.00966. The van der Waals surface area contributed by atoms with Crippen LogP contribution in [0.3, 0.4) is 0 Å². The maximum Gasteiger partial charge on any atom is 0.274 e. The Morgan fingerprint density at radius 1 is 1.38 bits per heavy atom. The molecule has 140 valence electrons. The summed E-state index contributed by atoms with van der Waals surface area (Å²) in [6, 6.07) is 9.00. The van der Waals surface area contributed by atoms with Crippen molar-refractivity contribution in [3.05, 3.63) is 52.3 Å². The van der Waals surface area contributed by atoms with Gasteiger partial charge in [-0.2, -0.15) is 5.10 Å². The van der Waals surface area contributed by atoms with E-state index >= 15 is 0 Å². The molecule has 0 saturated carbocycles. The molecule has 1 aromatic carbocycles. The molecule has 1 N–H and O–H groups in total. The topological polar surface area (TPSA) is 50.2 Å². The van der Waals surface area contributed by atoms with Gasteiger partial charge in [-0.05, 0) is 38.2 Å². The highest BCUT2D eigenvalue weighted by Gasteiger charge is 2.29. The van der Waals surface area contributed by atoms with Gasteiger partial charge in [0.05, 0.1) is 0 Å². The summed E-state index contributed by atoms with van der Waals surface area (Å²) in [7, 11) is 3.59. The molecule has 3 rings (SSSR count). The summed E-state index contributed by atoms with van der Waals surface area (Å²) in [5.41, 5.74) is 5.63. The smallest absolute Gasteiger partial charge is 0.274 e. The van der Waals surface area contributed by atoms with Crippen molar-refractivity contribution in [2.75, 3.05) is 14.1 Å². The number of fused-ring (bicyclic) bond motifs is 1. The zero-order valence-electron chi connectivity index (χ0n) is 16.4. The Labute approximate surface area is 156 Å². The number of aromatic nitrogens is 2. The van der Waals surface area contributed by atoms with Gasteiger partial charge in [-0.3, -0.25) is 9.48 Å². The molecule has 1 aromatic heterocycles. The normalized spacial score (nSPS) is 16.4. The third-order valence-corrected chi connectivity index (χ3v) is 5.07. The van der Waals surface area contributed by atoms with Crippen molar-refractivity contribution in [1.29, 1.82) is 0 Å². The minimum atomic E-state index is 0.00966. The lowest BCUT2D eigenvalue weighted by molar-refractivity contribution is 0.0819. The van der Waals surface area contributed by atoms with E-state index in [1.807, 2.05) is 0 Å². The fraction of sp³-hybridized carbons (Fsp3) is 0.524.